The van der Waals surface area contributed by atoms with Gasteiger partial charge < -0.3 is 5.32 Å². The van der Waals surface area contributed by atoms with Gasteiger partial charge in [-0.25, -0.2) is 0 Å². The van der Waals surface area contributed by atoms with Gasteiger partial charge in [-0.05, 0) is 65.7 Å². The molecule has 0 aliphatic heterocycles. The van der Waals surface area contributed by atoms with Gasteiger partial charge in [-0.3, -0.25) is 0 Å². The Bertz CT molecular complexity index is 504. The normalized spacial score (nSPS) is 18.8. The summed E-state index contributed by atoms with van der Waals surface area (Å²) in [6.45, 7) is 1.08. The summed E-state index contributed by atoms with van der Waals surface area (Å²) in [5.74, 6) is 0. The molecule has 1 atom stereocenters. The van der Waals surface area contributed by atoms with Crippen molar-refractivity contribution in [1.82, 2.24) is 5.32 Å². The van der Waals surface area contributed by atoms with E-state index in [-0.39, 0.29) is 0 Å². The Hall–Kier alpha value is -1.12. The standard InChI is InChI=1S/C17H21NS/c1-3-7-16-15(5-1)6-2-4-8-17(16)18-11-9-14-10-12-19-13-14/h1,3,5,7,10,12-13,17-18H,2,4,6,8-9,11H2. The molecule has 0 bridgehead atoms. The Morgan fingerprint density at radius 3 is 3.00 bits per heavy atom. The molecule has 1 aliphatic carbocycles. The van der Waals surface area contributed by atoms with Crippen LogP contribution in [0.3, 0.4) is 0 Å². The Balaban J connectivity index is 1.63. The molecule has 1 aromatic heterocycles. The highest BCUT2D eigenvalue weighted by Gasteiger charge is 2.17. The third-order valence-corrected chi connectivity index (χ3v) is 4.74. The third kappa shape index (κ3) is 3.26. The number of hydrogen-bond donors (Lipinski definition) is 1. The van der Waals surface area contributed by atoms with Crippen LogP contribution in [0.4, 0.5) is 0 Å². The van der Waals surface area contributed by atoms with Crippen LogP contribution in [0.1, 0.15) is 42.0 Å². The lowest BCUT2D eigenvalue weighted by Crippen LogP contribution is -2.23. The predicted molar refractivity (Wildman–Crippen MR) is 82.8 cm³/mol. The van der Waals surface area contributed by atoms with Crippen molar-refractivity contribution in [1.29, 1.82) is 0 Å². The number of benzene rings is 1. The van der Waals surface area contributed by atoms with Gasteiger partial charge in [0, 0.05) is 6.04 Å². The van der Waals surface area contributed by atoms with E-state index >= 15 is 0 Å². The van der Waals surface area contributed by atoms with E-state index in [0.717, 1.165) is 13.0 Å². The van der Waals surface area contributed by atoms with Crippen molar-refractivity contribution in [2.24, 2.45) is 0 Å². The molecule has 1 heterocycles. The minimum absolute atomic E-state index is 0.553. The fraction of sp³-hybridized carbons (Fsp3) is 0.412. The average Bonchev–Trinajstić information content (AvgIpc) is 2.87. The molecule has 3 rings (SSSR count). The van der Waals surface area contributed by atoms with Crippen molar-refractivity contribution in [3.8, 4) is 0 Å². The smallest absolute Gasteiger partial charge is 0.0323 e. The second kappa shape index (κ2) is 6.36. The van der Waals surface area contributed by atoms with Gasteiger partial charge in [0.25, 0.3) is 0 Å². The van der Waals surface area contributed by atoms with Gasteiger partial charge in [0.15, 0.2) is 0 Å². The molecule has 0 fully saturated rings. The first-order valence-corrected chi connectivity index (χ1v) is 8.20. The summed E-state index contributed by atoms with van der Waals surface area (Å²) in [6, 6.07) is 11.7. The van der Waals surface area contributed by atoms with E-state index in [1.165, 1.54) is 36.8 Å². The lowest BCUT2D eigenvalue weighted by molar-refractivity contribution is 0.493. The van der Waals surface area contributed by atoms with Gasteiger partial charge >= 0.3 is 0 Å². The maximum absolute atomic E-state index is 3.76. The first kappa shape index (κ1) is 12.9. The zero-order chi connectivity index (χ0) is 12.9. The van der Waals surface area contributed by atoms with E-state index in [9.17, 15) is 0 Å². The van der Waals surface area contributed by atoms with Crippen LogP contribution in [0, 0.1) is 0 Å². The van der Waals surface area contributed by atoms with E-state index in [4.69, 9.17) is 0 Å². The Morgan fingerprint density at radius 2 is 2.11 bits per heavy atom. The number of aryl methyl sites for hydroxylation is 1. The molecule has 0 saturated carbocycles. The van der Waals surface area contributed by atoms with E-state index in [1.54, 1.807) is 16.9 Å². The molecule has 1 nitrogen and oxygen atoms in total. The third-order valence-electron chi connectivity index (χ3n) is 4.00. The Kier molecular flexibility index (Phi) is 4.31. The van der Waals surface area contributed by atoms with Crippen LogP contribution >= 0.6 is 11.3 Å². The second-order valence-corrected chi connectivity index (χ2v) is 6.11. The molecule has 100 valence electrons. The van der Waals surface area contributed by atoms with Gasteiger partial charge in [0.1, 0.15) is 0 Å². The van der Waals surface area contributed by atoms with Crippen molar-refractivity contribution < 1.29 is 0 Å². The molecule has 1 aromatic carbocycles. The van der Waals surface area contributed by atoms with Crippen LogP contribution in [-0.4, -0.2) is 6.54 Å². The molecule has 0 saturated heterocycles. The summed E-state index contributed by atoms with van der Waals surface area (Å²) in [5.41, 5.74) is 4.54. The summed E-state index contributed by atoms with van der Waals surface area (Å²) >= 11 is 1.79. The monoisotopic (exact) mass is 271 g/mol. The summed E-state index contributed by atoms with van der Waals surface area (Å²) < 4.78 is 0. The zero-order valence-corrected chi connectivity index (χ0v) is 12.1. The molecule has 0 spiro atoms. The van der Waals surface area contributed by atoms with Crippen LogP contribution in [-0.2, 0) is 12.8 Å². The van der Waals surface area contributed by atoms with Crippen molar-refractivity contribution in [2.75, 3.05) is 6.54 Å². The van der Waals surface area contributed by atoms with Gasteiger partial charge in [-0.15, -0.1) is 0 Å². The molecule has 0 amide bonds. The van der Waals surface area contributed by atoms with Crippen molar-refractivity contribution in [3.05, 3.63) is 57.8 Å². The molecule has 1 aliphatic rings. The minimum Gasteiger partial charge on any atom is -0.310 e. The number of hydrogen-bond acceptors (Lipinski definition) is 2. The first-order chi connectivity index (χ1) is 9.43. The number of nitrogens with one attached hydrogen (secondary N) is 1. The Labute approximate surface area is 119 Å². The highest BCUT2D eigenvalue weighted by atomic mass is 32.1. The number of fused-ring (bicyclic) bond motifs is 1. The van der Waals surface area contributed by atoms with Gasteiger partial charge in [0.05, 0.1) is 0 Å². The highest BCUT2D eigenvalue weighted by Crippen LogP contribution is 2.28. The second-order valence-electron chi connectivity index (χ2n) is 5.33. The van der Waals surface area contributed by atoms with Crippen molar-refractivity contribution in [3.63, 3.8) is 0 Å². The fourth-order valence-corrected chi connectivity index (χ4v) is 3.66. The van der Waals surface area contributed by atoms with Crippen LogP contribution in [0.5, 0.6) is 0 Å². The highest BCUT2D eigenvalue weighted by molar-refractivity contribution is 7.07. The maximum atomic E-state index is 3.76. The van der Waals surface area contributed by atoms with E-state index in [2.05, 4.69) is 46.4 Å². The lowest BCUT2D eigenvalue weighted by Gasteiger charge is -2.19. The Morgan fingerprint density at radius 1 is 1.16 bits per heavy atom. The van der Waals surface area contributed by atoms with Gasteiger partial charge in [-0.1, -0.05) is 30.7 Å². The van der Waals surface area contributed by atoms with Crippen LogP contribution in [0.15, 0.2) is 41.1 Å². The van der Waals surface area contributed by atoms with E-state index in [1.807, 2.05) is 0 Å². The molecule has 0 radical (unpaired) electrons. The number of thiophene rings is 1. The van der Waals surface area contributed by atoms with Crippen molar-refractivity contribution >= 4 is 11.3 Å². The molecular formula is C17H21NS. The fourth-order valence-electron chi connectivity index (χ4n) is 2.96. The summed E-state index contributed by atoms with van der Waals surface area (Å²) in [6.07, 6.45) is 6.34. The van der Waals surface area contributed by atoms with Crippen LogP contribution in [0.25, 0.3) is 0 Å². The van der Waals surface area contributed by atoms with Gasteiger partial charge in [0.2, 0.25) is 0 Å². The summed E-state index contributed by atoms with van der Waals surface area (Å²) in [4.78, 5) is 0. The van der Waals surface area contributed by atoms with Crippen LogP contribution < -0.4 is 5.32 Å². The van der Waals surface area contributed by atoms with Crippen molar-refractivity contribution in [2.45, 2.75) is 38.1 Å². The molecular weight excluding hydrogens is 250 g/mol. The topological polar surface area (TPSA) is 12.0 Å². The SMILES string of the molecule is c1ccc2c(c1)CCCCC2NCCc1ccsc1. The maximum Gasteiger partial charge on any atom is 0.0323 e. The average molecular weight is 271 g/mol. The largest absolute Gasteiger partial charge is 0.310 e. The predicted octanol–water partition coefficient (Wildman–Crippen LogP) is 4.35. The number of rotatable bonds is 4. The first-order valence-electron chi connectivity index (χ1n) is 7.26. The molecule has 2 heteroatoms. The van der Waals surface area contributed by atoms with E-state index < -0.39 is 0 Å². The summed E-state index contributed by atoms with van der Waals surface area (Å²) in [5, 5.41) is 8.18. The molecule has 1 unspecified atom stereocenters. The summed E-state index contributed by atoms with van der Waals surface area (Å²) in [7, 11) is 0. The quantitative estimate of drug-likeness (QED) is 0.815. The zero-order valence-electron chi connectivity index (χ0n) is 11.3. The molecule has 2 aromatic rings. The lowest BCUT2D eigenvalue weighted by atomic mass is 9.99. The van der Waals surface area contributed by atoms with Crippen LogP contribution in [0.2, 0.25) is 0 Å². The minimum atomic E-state index is 0.553. The van der Waals surface area contributed by atoms with E-state index in [0.29, 0.717) is 6.04 Å². The van der Waals surface area contributed by atoms with Gasteiger partial charge in [-0.2, -0.15) is 11.3 Å². The molecule has 19 heavy (non-hydrogen) atoms. The molecule has 1 N–H and O–H groups in total.